The van der Waals surface area contributed by atoms with Gasteiger partial charge in [0.2, 0.25) is 5.91 Å². The molecule has 0 aliphatic carbocycles. The maximum Gasteiger partial charge on any atom is 0.354 e. The van der Waals surface area contributed by atoms with E-state index in [0.717, 1.165) is 25.9 Å². The molecule has 1 aromatic heterocycles. The van der Waals surface area contributed by atoms with Crippen LogP contribution in [0.25, 0.3) is 0 Å². The normalized spacial score (nSPS) is 16.0. The van der Waals surface area contributed by atoms with Gasteiger partial charge in [0.1, 0.15) is 5.82 Å². The number of hydrogen-bond donors (Lipinski definition) is 2. The highest BCUT2D eigenvalue weighted by Crippen LogP contribution is 2.17. The molecular formula is C15H21N3O3. The molecule has 0 aromatic carbocycles. The minimum absolute atomic E-state index is 0.0309. The van der Waals surface area contributed by atoms with E-state index < -0.39 is 5.97 Å². The van der Waals surface area contributed by atoms with E-state index in [9.17, 15) is 9.59 Å². The van der Waals surface area contributed by atoms with Crippen molar-refractivity contribution in [3.8, 4) is 0 Å². The van der Waals surface area contributed by atoms with Crippen LogP contribution in [0.2, 0.25) is 0 Å². The lowest BCUT2D eigenvalue weighted by Crippen LogP contribution is -2.44. The van der Waals surface area contributed by atoms with Crippen LogP contribution in [0.5, 0.6) is 0 Å². The van der Waals surface area contributed by atoms with Crippen LogP contribution < -0.4 is 5.32 Å². The van der Waals surface area contributed by atoms with E-state index in [1.807, 2.05) is 18.7 Å². The lowest BCUT2D eigenvalue weighted by atomic mass is 10.0. The van der Waals surface area contributed by atoms with Gasteiger partial charge >= 0.3 is 5.97 Å². The fraction of sp³-hybridized carbons (Fsp3) is 0.533. The van der Waals surface area contributed by atoms with Crippen molar-refractivity contribution in [2.75, 3.05) is 18.4 Å². The average Bonchev–Trinajstić information content (AvgIpc) is 2.47. The second-order valence-corrected chi connectivity index (χ2v) is 5.61. The Balaban J connectivity index is 1.90. The molecule has 6 heteroatoms. The zero-order valence-electron chi connectivity index (χ0n) is 12.4. The fourth-order valence-corrected chi connectivity index (χ4v) is 2.45. The molecule has 0 atom stereocenters. The molecule has 0 spiro atoms. The summed E-state index contributed by atoms with van der Waals surface area (Å²) >= 11 is 0. The van der Waals surface area contributed by atoms with E-state index in [-0.39, 0.29) is 23.6 Å². The second kappa shape index (κ2) is 6.56. The number of carboxylic acids is 1. The SMILES string of the molecule is CC(C)C(=O)N1CCC(Nc2cccc(C(=O)O)n2)CC1. The van der Waals surface area contributed by atoms with Crippen LogP contribution in [0.4, 0.5) is 5.82 Å². The summed E-state index contributed by atoms with van der Waals surface area (Å²) in [7, 11) is 0. The Morgan fingerprint density at radius 2 is 2.00 bits per heavy atom. The van der Waals surface area contributed by atoms with E-state index in [1.165, 1.54) is 6.07 Å². The van der Waals surface area contributed by atoms with E-state index in [4.69, 9.17) is 5.11 Å². The van der Waals surface area contributed by atoms with Crippen molar-refractivity contribution in [1.29, 1.82) is 0 Å². The monoisotopic (exact) mass is 291 g/mol. The van der Waals surface area contributed by atoms with E-state index in [1.54, 1.807) is 12.1 Å². The van der Waals surface area contributed by atoms with Gasteiger partial charge in [-0.25, -0.2) is 9.78 Å². The van der Waals surface area contributed by atoms with Gasteiger partial charge in [-0.05, 0) is 25.0 Å². The van der Waals surface area contributed by atoms with Crippen LogP contribution >= 0.6 is 0 Å². The molecule has 0 saturated carbocycles. The topological polar surface area (TPSA) is 82.5 Å². The minimum Gasteiger partial charge on any atom is -0.477 e. The molecule has 1 saturated heterocycles. The quantitative estimate of drug-likeness (QED) is 0.884. The molecular weight excluding hydrogens is 270 g/mol. The second-order valence-electron chi connectivity index (χ2n) is 5.61. The Bertz CT molecular complexity index is 523. The summed E-state index contributed by atoms with van der Waals surface area (Å²) in [6, 6.07) is 5.13. The highest BCUT2D eigenvalue weighted by atomic mass is 16.4. The molecule has 1 fully saturated rings. The number of likely N-dealkylation sites (tertiary alicyclic amines) is 1. The summed E-state index contributed by atoms with van der Waals surface area (Å²) in [6.45, 7) is 5.28. The number of nitrogens with zero attached hydrogens (tertiary/aromatic N) is 2. The number of rotatable bonds is 4. The Hall–Kier alpha value is -2.11. The van der Waals surface area contributed by atoms with E-state index >= 15 is 0 Å². The molecule has 0 unspecified atom stereocenters. The molecule has 2 N–H and O–H groups in total. The first-order chi connectivity index (χ1) is 9.97. The molecule has 1 amide bonds. The Morgan fingerprint density at radius 1 is 1.33 bits per heavy atom. The number of amides is 1. The average molecular weight is 291 g/mol. The first kappa shape index (κ1) is 15.3. The Labute approximate surface area is 124 Å². The largest absolute Gasteiger partial charge is 0.477 e. The molecule has 1 aromatic rings. The lowest BCUT2D eigenvalue weighted by Gasteiger charge is -2.33. The van der Waals surface area contributed by atoms with E-state index in [2.05, 4.69) is 10.3 Å². The molecule has 1 aliphatic heterocycles. The summed E-state index contributed by atoms with van der Waals surface area (Å²) in [5, 5.41) is 12.2. The number of carbonyl (C=O) groups is 2. The summed E-state index contributed by atoms with van der Waals surface area (Å²) in [5.74, 6) is -0.234. The predicted molar refractivity (Wildman–Crippen MR) is 79.3 cm³/mol. The van der Waals surface area contributed by atoms with Crippen molar-refractivity contribution in [2.24, 2.45) is 5.92 Å². The van der Waals surface area contributed by atoms with Crippen molar-refractivity contribution in [3.63, 3.8) is 0 Å². The van der Waals surface area contributed by atoms with Crippen LogP contribution in [0.1, 0.15) is 37.2 Å². The summed E-state index contributed by atoms with van der Waals surface area (Å²) in [4.78, 5) is 28.8. The van der Waals surface area contributed by atoms with Crippen molar-refractivity contribution in [2.45, 2.75) is 32.7 Å². The molecule has 2 heterocycles. The third kappa shape index (κ3) is 3.93. The number of aromatic carboxylic acids is 1. The fourth-order valence-electron chi connectivity index (χ4n) is 2.45. The maximum atomic E-state index is 11.9. The third-order valence-corrected chi connectivity index (χ3v) is 3.62. The third-order valence-electron chi connectivity index (χ3n) is 3.62. The molecule has 6 nitrogen and oxygen atoms in total. The van der Waals surface area contributed by atoms with E-state index in [0.29, 0.717) is 5.82 Å². The van der Waals surface area contributed by atoms with Crippen molar-refractivity contribution in [1.82, 2.24) is 9.88 Å². The van der Waals surface area contributed by atoms with Crippen LogP contribution in [-0.2, 0) is 4.79 Å². The number of piperidine rings is 1. The van der Waals surface area contributed by atoms with Gasteiger partial charge in [0.25, 0.3) is 0 Å². The van der Waals surface area contributed by atoms with Crippen LogP contribution in [0, 0.1) is 5.92 Å². The van der Waals surface area contributed by atoms with Crippen molar-refractivity contribution < 1.29 is 14.7 Å². The number of hydrogen-bond acceptors (Lipinski definition) is 4. The van der Waals surface area contributed by atoms with Gasteiger partial charge in [0.05, 0.1) is 0 Å². The number of anilines is 1. The van der Waals surface area contributed by atoms with Crippen molar-refractivity contribution in [3.05, 3.63) is 23.9 Å². The van der Waals surface area contributed by atoms with Gasteiger partial charge in [0.15, 0.2) is 5.69 Å². The first-order valence-corrected chi connectivity index (χ1v) is 7.23. The molecule has 0 bridgehead atoms. The number of nitrogens with one attached hydrogen (secondary N) is 1. The number of carbonyl (C=O) groups excluding carboxylic acids is 1. The highest BCUT2D eigenvalue weighted by molar-refractivity contribution is 5.85. The maximum absolute atomic E-state index is 11.9. The van der Waals surface area contributed by atoms with Crippen LogP contribution in [-0.4, -0.2) is 46.0 Å². The standard InChI is InChI=1S/C15H21N3O3/c1-10(2)14(19)18-8-6-11(7-9-18)16-13-5-3-4-12(17-13)15(20)21/h3-5,10-11H,6-9H2,1-2H3,(H,16,17)(H,20,21). The van der Waals surface area contributed by atoms with Crippen molar-refractivity contribution >= 4 is 17.7 Å². The number of aromatic nitrogens is 1. The highest BCUT2D eigenvalue weighted by Gasteiger charge is 2.24. The smallest absolute Gasteiger partial charge is 0.354 e. The van der Waals surface area contributed by atoms with Gasteiger partial charge in [-0.3, -0.25) is 4.79 Å². The number of pyridine rings is 1. The summed E-state index contributed by atoms with van der Waals surface area (Å²) in [6.07, 6.45) is 1.69. The zero-order chi connectivity index (χ0) is 15.4. The molecule has 114 valence electrons. The minimum atomic E-state index is -1.03. The lowest BCUT2D eigenvalue weighted by molar-refractivity contribution is -0.135. The Kier molecular flexibility index (Phi) is 4.77. The molecule has 2 rings (SSSR count). The summed E-state index contributed by atoms with van der Waals surface area (Å²) in [5.41, 5.74) is 0.0346. The predicted octanol–water partition coefficient (Wildman–Crippen LogP) is 1.84. The number of carboxylic acid groups (broad SMARTS) is 1. The van der Waals surface area contributed by atoms with Gasteiger partial charge in [-0.1, -0.05) is 19.9 Å². The molecule has 1 aliphatic rings. The van der Waals surface area contributed by atoms with Gasteiger partial charge in [-0.2, -0.15) is 0 Å². The van der Waals surface area contributed by atoms with Gasteiger partial charge in [0, 0.05) is 25.0 Å². The Morgan fingerprint density at radius 3 is 2.57 bits per heavy atom. The van der Waals surface area contributed by atoms with Gasteiger partial charge < -0.3 is 15.3 Å². The first-order valence-electron chi connectivity index (χ1n) is 7.23. The van der Waals surface area contributed by atoms with Crippen LogP contribution in [0.3, 0.4) is 0 Å². The molecule has 0 radical (unpaired) electrons. The molecule has 21 heavy (non-hydrogen) atoms. The van der Waals surface area contributed by atoms with Gasteiger partial charge in [-0.15, -0.1) is 0 Å². The summed E-state index contributed by atoms with van der Waals surface area (Å²) < 4.78 is 0. The zero-order valence-corrected chi connectivity index (χ0v) is 12.4. The van der Waals surface area contributed by atoms with Crippen LogP contribution in [0.15, 0.2) is 18.2 Å².